The lowest BCUT2D eigenvalue weighted by Gasteiger charge is -2.12. The number of hydrogen-bond acceptors (Lipinski definition) is 10. The molecule has 12 heteroatoms. The Bertz CT molecular complexity index is 1410. The number of benzene rings is 2. The molecule has 0 aliphatic rings. The predicted octanol–water partition coefficient (Wildman–Crippen LogP) is 4.66. The van der Waals surface area contributed by atoms with Crippen molar-refractivity contribution in [3.63, 3.8) is 0 Å². The molecule has 0 saturated heterocycles. The summed E-state index contributed by atoms with van der Waals surface area (Å²) in [7, 11) is 3.04. The zero-order chi connectivity index (χ0) is 24.8. The van der Waals surface area contributed by atoms with Gasteiger partial charge in [-0.25, -0.2) is 24.3 Å². The fraction of sp³-hybridized carbons (Fsp3) is 0.0870. The van der Waals surface area contributed by atoms with Crippen LogP contribution in [-0.4, -0.2) is 40.4 Å². The molecule has 0 saturated carbocycles. The van der Waals surface area contributed by atoms with E-state index in [9.17, 15) is 4.39 Å². The van der Waals surface area contributed by atoms with Crippen LogP contribution in [0, 0.1) is 5.82 Å². The number of anilines is 2. The van der Waals surface area contributed by atoms with E-state index < -0.39 is 5.82 Å². The Hall–Kier alpha value is -4.32. The van der Waals surface area contributed by atoms with Gasteiger partial charge in [-0.1, -0.05) is 0 Å². The maximum Gasteiger partial charge on any atom is 0.316 e. The van der Waals surface area contributed by atoms with E-state index in [1.165, 1.54) is 50.3 Å². The Labute approximate surface area is 207 Å². The van der Waals surface area contributed by atoms with Crippen LogP contribution in [0.1, 0.15) is 0 Å². The molecule has 2 aromatic heterocycles. The van der Waals surface area contributed by atoms with Crippen LogP contribution in [0.4, 0.5) is 21.6 Å². The Morgan fingerprint density at radius 1 is 1.09 bits per heavy atom. The number of fused-ring (bicyclic) bond motifs is 1. The minimum Gasteiger partial charge on any atom is -0.495 e. The molecule has 0 atom stereocenters. The van der Waals surface area contributed by atoms with Crippen LogP contribution >= 0.6 is 15.9 Å². The molecule has 0 spiro atoms. The van der Waals surface area contributed by atoms with Crippen LogP contribution < -0.4 is 25.3 Å². The predicted molar refractivity (Wildman–Crippen MR) is 133 cm³/mol. The van der Waals surface area contributed by atoms with Crippen molar-refractivity contribution >= 4 is 50.2 Å². The molecule has 0 aliphatic carbocycles. The van der Waals surface area contributed by atoms with Crippen LogP contribution in [0.25, 0.3) is 10.9 Å². The third kappa shape index (κ3) is 5.79. The molecule has 0 fully saturated rings. The van der Waals surface area contributed by atoms with Gasteiger partial charge in [-0.15, -0.1) is 0 Å². The van der Waals surface area contributed by atoms with Gasteiger partial charge in [-0.05, 0) is 34.1 Å². The molecule has 3 N–H and O–H groups in total. The van der Waals surface area contributed by atoms with Crippen molar-refractivity contribution in [2.45, 2.75) is 0 Å². The molecule has 0 radical (unpaired) electrons. The van der Waals surface area contributed by atoms with E-state index in [2.05, 4.69) is 46.2 Å². The lowest BCUT2D eigenvalue weighted by Crippen LogP contribution is -2.06. The van der Waals surface area contributed by atoms with Crippen molar-refractivity contribution in [1.82, 2.24) is 19.9 Å². The summed E-state index contributed by atoms with van der Waals surface area (Å²) in [6.45, 7) is 0. The number of halogens is 2. The smallest absolute Gasteiger partial charge is 0.316 e. The van der Waals surface area contributed by atoms with Crippen molar-refractivity contribution in [1.29, 1.82) is 0 Å². The average molecular weight is 540 g/mol. The lowest BCUT2D eigenvalue weighted by atomic mass is 10.2. The van der Waals surface area contributed by atoms with Gasteiger partial charge in [0.25, 0.3) is 0 Å². The fourth-order valence-electron chi connectivity index (χ4n) is 2.95. The molecule has 0 amide bonds. The first-order valence-corrected chi connectivity index (χ1v) is 10.8. The second-order valence-corrected chi connectivity index (χ2v) is 7.72. The van der Waals surface area contributed by atoms with E-state index in [1.807, 2.05) is 0 Å². The van der Waals surface area contributed by atoms with Gasteiger partial charge >= 0.3 is 6.01 Å². The maximum absolute atomic E-state index is 14.8. The van der Waals surface area contributed by atoms with Crippen LogP contribution in [0.2, 0.25) is 0 Å². The largest absolute Gasteiger partial charge is 0.495 e. The molecular formula is C23H19BrFN7O3. The number of aliphatic imine (C=N–C) groups is 1. The Morgan fingerprint density at radius 3 is 2.60 bits per heavy atom. The normalized spacial score (nSPS) is 11.6. The van der Waals surface area contributed by atoms with Crippen molar-refractivity contribution < 1.29 is 18.6 Å². The average Bonchev–Trinajstić information content (AvgIpc) is 2.86. The summed E-state index contributed by atoms with van der Waals surface area (Å²) in [6.07, 6.45) is 7.21. The highest BCUT2D eigenvalue weighted by Gasteiger charge is 2.12. The molecule has 0 bridgehead atoms. The van der Waals surface area contributed by atoms with Gasteiger partial charge in [-0.3, -0.25) is 4.99 Å². The number of nitrogens with one attached hydrogen (secondary N) is 1. The van der Waals surface area contributed by atoms with E-state index in [0.29, 0.717) is 28.2 Å². The number of nitrogens with two attached hydrogens (primary N) is 1. The zero-order valence-electron chi connectivity index (χ0n) is 18.6. The third-order valence-electron chi connectivity index (χ3n) is 4.60. The molecule has 10 nitrogen and oxygen atoms in total. The first-order valence-electron chi connectivity index (χ1n) is 10.1. The van der Waals surface area contributed by atoms with Gasteiger partial charge in [0.15, 0.2) is 5.88 Å². The summed E-state index contributed by atoms with van der Waals surface area (Å²) in [4.78, 5) is 20.5. The van der Waals surface area contributed by atoms with Crippen molar-refractivity contribution in [3.05, 3.63) is 71.3 Å². The number of nitrogens with zero attached hydrogens (tertiary/aromatic N) is 5. The second-order valence-electron chi connectivity index (χ2n) is 6.87. The monoisotopic (exact) mass is 539 g/mol. The molecule has 2 aromatic carbocycles. The highest BCUT2D eigenvalue weighted by molar-refractivity contribution is 9.10. The molecule has 4 aromatic rings. The first kappa shape index (κ1) is 23.8. The lowest BCUT2D eigenvalue weighted by molar-refractivity contribution is 0.380. The van der Waals surface area contributed by atoms with Crippen molar-refractivity contribution in [2.75, 3.05) is 19.5 Å². The standard InChI is InChI=1S/C23H19BrFN7O3/c1-33-20-9-19-15(8-16(20)24)22(31-12-30-19)32-18-4-3-14(7-17(18)25)35-21(26)5-6-27-13-10-28-23(34-2)29-11-13/h3-12H,26H2,1-2H3,(H,30,31,32)/b21-5+,27-6?. The summed E-state index contributed by atoms with van der Waals surface area (Å²) < 4.78 is 31.2. The Balaban J connectivity index is 1.46. The van der Waals surface area contributed by atoms with Gasteiger partial charge in [-0.2, -0.15) is 0 Å². The number of aromatic nitrogens is 4. The quantitative estimate of drug-likeness (QED) is 0.242. The molecule has 0 aliphatic heterocycles. The SMILES string of the molecule is COc1ncc(N=C/C=C(\N)Oc2ccc(Nc3ncnc4cc(OC)c(Br)cc34)c(F)c2)cn1. The van der Waals surface area contributed by atoms with Crippen LogP contribution in [0.5, 0.6) is 17.5 Å². The number of rotatable bonds is 8. The number of methoxy groups -OCH3 is 2. The minimum atomic E-state index is -0.557. The number of allylic oxidation sites excluding steroid dienone is 1. The number of ether oxygens (including phenoxy) is 3. The van der Waals surface area contributed by atoms with Gasteiger partial charge in [0, 0.05) is 29.8 Å². The van der Waals surface area contributed by atoms with Crippen molar-refractivity contribution in [3.8, 4) is 17.5 Å². The summed E-state index contributed by atoms with van der Waals surface area (Å²) in [5.74, 6) is 0.734. The molecule has 4 rings (SSSR count). The summed E-state index contributed by atoms with van der Waals surface area (Å²) in [5.41, 5.74) is 7.20. The second kappa shape index (κ2) is 10.7. The van der Waals surface area contributed by atoms with Crippen LogP contribution in [-0.2, 0) is 0 Å². The van der Waals surface area contributed by atoms with Gasteiger partial charge < -0.3 is 25.3 Å². The summed E-state index contributed by atoms with van der Waals surface area (Å²) >= 11 is 3.44. The zero-order valence-corrected chi connectivity index (χ0v) is 20.2. The van der Waals surface area contributed by atoms with Gasteiger partial charge in [0.2, 0.25) is 0 Å². The first-order chi connectivity index (χ1) is 17.0. The van der Waals surface area contributed by atoms with Crippen molar-refractivity contribution in [2.24, 2.45) is 10.7 Å². The van der Waals surface area contributed by atoms with E-state index in [-0.39, 0.29) is 23.3 Å². The Kier molecular flexibility index (Phi) is 7.31. The van der Waals surface area contributed by atoms with E-state index in [1.54, 1.807) is 25.3 Å². The highest BCUT2D eigenvalue weighted by Crippen LogP contribution is 2.33. The molecular weight excluding hydrogens is 521 g/mol. The summed E-state index contributed by atoms with van der Waals surface area (Å²) in [5, 5.41) is 3.68. The van der Waals surface area contributed by atoms with Crippen LogP contribution in [0.15, 0.2) is 70.5 Å². The maximum atomic E-state index is 14.8. The molecule has 0 unspecified atom stereocenters. The highest BCUT2D eigenvalue weighted by atomic mass is 79.9. The van der Waals surface area contributed by atoms with Gasteiger partial charge in [0.1, 0.15) is 29.5 Å². The minimum absolute atomic E-state index is 0.0175. The van der Waals surface area contributed by atoms with Crippen LogP contribution in [0.3, 0.4) is 0 Å². The molecule has 35 heavy (non-hydrogen) atoms. The van der Waals surface area contributed by atoms with E-state index >= 15 is 0 Å². The van der Waals surface area contributed by atoms with E-state index in [4.69, 9.17) is 19.9 Å². The number of hydrogen-bond donors (Lipinski definition) is 2. The molecule has 178 valence electrons. The van der Waals surface area contributed by atoms with E-state index in [0.717, 1.165) is 4.47 Å². The van der Waals surface area contributed by atoms with Gasteiger partial charge in [0.05, 0.1) is 48.0 Å². The third-order valence-corrected chi connectivity index (χ3v) is 5.22. The molecule has 2 heterocycles. The topological polar surface area (TPSA) is 130 Å². The fourth-order valence-corrected chi connectivity index (χ4v) is 3.46. The summed E-state index contributed by atoms with van der Waals surface area (Å²) in [6, 6.07) is 8.11. The Morgan fingerprint density at radius 2 is 1.89 bits per heavy atom.